The summed E-state index contributed by atoms with van der Waals surface area (Å²) in [6.45, 7) is 8.39. The molecule has 0 radical (unpaired) electrons. The zero-order valence-electron chi connectivity index (χ0n) is 21.0. The highest BCUT2D eigenvalue weighted by Crippen LogP contribution is 2.26. The van der Waals surface area contributed by atoms with E-state index in [1.165, 1.54) is 23.4 Å². The fourth-order valence-corrected chi connectivity index (χ4v) is 4.86. The summed E-state index contributed by atoms with van der Waals surface area (Å²) >= 11 is 13.5. The Kier molecular flexibility index (Phi) is 9.82. The van der Waals surface area contributed by atoms with Crippen LogP contribution in [0.25, 0.3) is 0 Å². The highest BCUT2D eigenvalue weighted by Gasteiger charge is 2.24. The fourth-order valence-electron chi connectivity index (χ4n) is 3.64. The largest absolute Gasteiger partial charge is 0.342 e. The molecule has 0 aliphatic rings. The van der Waals surface area contributed by atoms with Gasteiger partial charge in [0.1, 0.15) is 0 Å². The Balaban J connectivity index is 1.67. The van der Waals surface area contributed by atoms with E-state index in [0.717, 1.165) is 5.69 Å². The molecule has 2 aromatic carbocycles. The molecule has 1 atom stereocenters. The summed E-state index contributed by atoms with van der Waals surface area (Å²) in [5, 5.41) is 15.9. The molecule has 0 aliphatic carbocycles. The van der Waals surface area contributed by atoms with Gasteiger partial charge in [0.15, 0.2) is 11.0 Å². The van der Waals surface area contributed by atoms with Crippen molar-refractivity contribution in [3.63, 3.8) is 0 Å². The number of amides is 2. The molecule has 7 nitrogen and oxygen atoms in total. The molecular formula is C26H31Cl2N5O2S. The summed E-state index contributed by atoms with van der Waals surface area (Å²) in [4.78, 5) is 25.4. The molecule has 0 aliphatic heterocycles. The van der Waals surface area contributed by atoms with E-state index in [4.69, 9.17) is 23.2 Å². The second-order valence-corrected chi connectivity index (χ2v) is 11.1. The van der Waals surface area contributed by atoms with Crippen LogP contribution in [-0.4, -0.2) is 32.3 Å². The molecule has 192 valence electrons. The number of nitrogens with one attached hydrogen (secondary N) is 2. The average molecular weight is 549 g/mol. The lowest BCUT2D eigenvalue weighted by atomic mass is 10.0. The Morgan fingerprint density at radius 1 is 1.03 bits per heavy atom. The summed E-state index contributed by atoms with van der Waals surface area (Å²) in [6, 6.07) is 12.2. The molecule has 1 aromatic heterocycles. The van der Waals surface area contributed by atoms with Crippen LogP contribution in [0.5, 0.6) is 0 Å². The maximum atomic E-state index is 13.0. The summed E-state index contributed by atoms with van der Waals surface area (Å²) in [5.41, 5.74) is 2.31. The monoisotopic (exact) mass is 547 g/mol. The maximum Gasteiger partial charge on any atom is 0.253 e. The number of rotatable bonds is 10. The van der Waals surface area contributed by atoms with Gasteiger partial charge in [0.25, 0.3) is 5.91 Å². The standard InChI is InChI=1S/C26H31Cl2N5O2S/c1-15(2)12-22(30-25(35)20-11-8-18(27)13-21(20)28)24-31-32-26(33(24)5)36-14-23(34)29-19-9-6-17(7-10-19)16(3)4/h6-11,13,15-16,22H,12,14H2,1-5H3,(H,29,34)(H,30,35)/t22-/m0/s1. The number of carbonyl (C=O) groups excluding carboxylic acids is 2. The lowest BCUT2D eigenvalue weighted by molar-refractivity contribution is -0.113. The molecule has 0 spiro atoms. The number of aromatic nitrogens is 3. The summed E-state index contributed by atoms with van der Waals surface area (Å²) < 4.78 is 1.81. The lowest BCUT2D eigenvalue weighted by Gasteiger charge is -2.20. The summed E-state index contributed by atoms with van der Waals surface area (Å²) in [5.74, 6) is 1.06. The van der Waals surface area contributed by atoms with E-state index in [2.05, 4.69) is 48.5 Å². The third kappa shape index (κ3) is 7.48. The Labute approximate surface area is 226 Å². The van der Waals surface area contributed by atoms with E-state index in [1.807, 2.05) is 35.9 Å². The van der Waals surface area contributed by atoms with Crippen molar-refractivity contribution < 1.29 is 9.59 Å². The zero-order valence-corrected chi connectivity index (χ0v) is 23.3. The van der Waals surface area contributed by atoms with Crippen LogP contribution >= 0.6 is 35.0 Å². The van der Waals surface area contributed by atoms with E-state index in [-0.39, 0.29) is 34.5 Å². The molecule has 0 saturated carbocycles. The third-order valence-corrected chi connectivity index (χ3v) is 7.13. The number of hydrogen-bond donors (Lipinski definition) is 2. The van der Waals surface area contributed by atoms with Crippen LogP contribution < -0.4 is 10.6 Å². The first-order chi connectivity index (χ1) is 17.0. The number of hydrogen-bond acceptors (Lipinski definition) is 5. The van der Waals surface area contributed by atoms with Gasteiger partial charge in [-0.2, -0.15) is 0 Å². The van der Waals surface area contributed by atoms with Gasteiger partial charge in [0.2, 0.25) is 5.91 Å². The minimum Gasteiger partial charge on any atom is -0.342 e. The topological polar surface area (TPSA) is 88.9 Å². The van der Waals surface area contributed by atoms with Crippen molar-refractivity contribution in [2.45, 2.75) is 51.2 Å². The van der Waals surface area contributed by atoms with E-state index in [0.29, 0.717) is 33.9 Å². The van der Waals surface area contributed by atoms with Crippen molar-refractivity contribution in [2.24, 2.45) is 13.0 Å². The van der Waals surface area contributed by atoms with Crippen molar-refractivity contribution in [1.82, 2.24) is 20.1 Å². The van der Waals surface area contributed by atoms with Gasteiger partial charge in [-0.15, -0.1) is 10.2 Å². The number of thioether (sulfide) groups is 1. The van der Waals surface area contributed by atoms with E-state index in [9.17, 15) is 9.59 Å². The molecule has 0 saturated heterocycles. The van der Waals surface area contributed by atoms with Crippen LogP contribution in [0, 0.1) is 5.92 Å². The minimum absolute atomic E-state index is 0.133. The van der Waals surface area contributed by atoms with Crippen molar-refractivity contribution in [3.05, 3.63) is 69.5 Å². The smallest absolute Gasteiger partial charge is 0.253 e. The van der Waals surface area contributed by atoms with Crippen LogP contribution in [0.4, 0.5) is 5.69 Å². The Bertz CT molecular complexity index is 1210. The molecule has 10 heteroatoms. The molecule has 3 rings (SSSR count). The van der Waals surface area contributed by atoms with Crippen molar-refractivity contribution >= 4 is 52.5 Å². The predicted octanol–water partition coefficient (Wildman–Crippen LogP) is 6.49. The number of benzene rings is 2. The molecule has 2 N–H and O–H groups in total. The summed E-state index contributed by atoms with van der Waals surface area (Å²) in [6.07, 6.45) is 0.653. The van der Waals surface area contributed by atoms with Gasteiger partial charge in [0.05, 0.1) is 22.4 Å². The molecule has 0 fully saturated rings. The van der Waals surface area contributed by atoms with Gasteiger partial charge in [-0.05, 0) is 54.2 Å². The van der Waals surface area contributed by atoms with Crippen LogP contribution in [-0.2, 0) is 11.8 Å². The van der Waals surface area contributed by atoms with Crippen LogP contribution in [0.1, 0.15) is 67.8 Å². The first-order valence-electron chi connectivity index (χ1n) is 11.7. The zero-order chi connectivity index (χ0) is 26.4. The average Bonchev–Trinajstić information content (AvgIpc) is 3.17. The quantitative estimate of drug-likeness (QED) is 0.283. The van der Waals surface area contributed by atoms with Gasteiger partial charge in [0, 0.05) is 17.8 Å². The van der Waals surface area contributed by atoms with Gasteiger partial charge < -0.3 is 15.2 Å². The van der Waals surface area contributed by atoms with Gasteiger partial charge in [-0.25, -0.2) is 0 Å². The second kappa shape index (κ2) is 12.6. The highest BCUT2D eigenvalue weighted by molar-refractivity contribution is 7.99. The summed E-state index contributed by atoms with van der Waals surface area (Å²) in [7, 11) is 1.83. The van der Waals surface area contributed by atoms with Gasteiger partial charge in [-0.3, -0.25) is 9.59 Å². The molecule has 3 aromatic rings. The van der Waals surface area contributed by atoms with E-state index < -0.39 is 0 Å². The minimum atomic E-state index is -0.385. The third-order valence-electron chi connectivity index (χ3n) is 5.56. The molecule has 2 amide bonds. The Morgan fingerprint density at radius 3 is 2.33 bits per heavy atom. The maximum absolute atomic E-state index is 13.0. The number of anilines is 1. The molecular weight excluding hydrogens is 517 g/mol. The number of nitrogens with zero attached hydrogens (tertiary/aromatic N) is 3. The SMILES string of the molecule is CC(C)C[C@H](NC(=O)c1ccc(Cl)cc1Cl)c1nnc(SCC(=O)Nc2ccc(C(C)C)cc2)n1C. The normalized spacial score (nSPS) is 12.1. The Hall–Kier alpha value is -2.55. The van der Waals surface area contributed by atoms with Crippen LogP contribution in [0.2, 0.25) is 10.0 Å². The second-order valence-electron chi connectivity index (χ2n) is 9.29. The first-order valence-corrected chi connectivity index (χ1v) is 13.5. The van der Waals surface area contributed by atoms with Crippen molar-refractivity contribution in [2.75, 3.05) is 11.1 Å². The van der Waals surface area contributed by atoms with Gasteiger partial charge >= 0.3 is 0 Å². The molecule has 1 heterocycles. The van der Waals surface area contributed by atoms with Crippen LogP contribution in [0.3, 0.4) is 0 Å². The number of carbonyl (C=O) groups is 2. The Morgan fingerprint density at radius 2 is 1.72 bits per heavy atom. The molecule has 0 unspecified atom stereocenters. The predicted molar refractivity (Wildman–Crippen MR) is 147 cm³/mol. The first kappa shape index (κ1) is 28.0. The molecule has 36 heavy (non-hydrogen) atoms. The van der Waals surface area contributed by atoms with Gasteiger partial charge in [-0.1, -0.05) is 74.8 Å². The van der Waals surface area contributed by atoms with Crippen molar-refractivity contribution in [3.8, 4) is 0 Å². The van der Waals surface area contributed by atoms with Crippen molar-refractivity contribution in [1.29, 1.82) is 0 Å². The molecule has 0 bridgehead atoms. The van der Waals surface area contributed by atoms with E-state index >= 15 is 0 Å². The van der Waals surface area contributed by atoms with E-state index in [1.54, 1.807) is 12.1 Å². The lowest BCUT2D eigenvalue weighted by Crippen LogP contribution is -2.31. The number of halogens is 2. The highest BCUT2D eigenvalue weighted by atomic mass is 35.5. The fraction of sp³-hybridized carbons (Fsp3) is 0.385. The van der Waals surface area contributed by atoms with Crippen LogP contribution in [0.15, 0.2) is 47.6 Å².